The standard InChI is InChI=1S/C13H23N3O3S/c1-16(2)20(17,18)13-7-5-4-6-12(13)15-11(8-9-14)10-19-3/h4-7,11,15H,8-10,14H2,1-3H3. The second-order valence-corrected chi connectivity index (χ2v) is 6.78. The second-order valence-electron chi connectivity index (χ2n) is 4.66. The van der Waals surface area contributed by atoms with Gasteiger partial charge in [-0.2, -0.15) is 0 Å². The zero-order valence-corrected chi connectivity index (χ0v) is 13.0. The zero-order chi connectivity index (χ0) is 15.2. The van der Waals surface area contributed by atoms with E-state index in [1.54, 1.807) is 31.4 Å². The number of nitrogens with zero attached hydrogens (tertiary/aromatic N) is 1. The van der Waals surface area contributed by atoms with Gasteiger partial charge in [0.2, 0.25) is 10.0 Å². The van der Waals surface area contributed by atoms with Crippen molar-refractivity contribution in [1.29, 1.82) is 0 Å². The molecule has 0 aliphatic rings. The number of sulfonamides is 1. The number of benzene rings is 1. The van der Waals surface area contributed by atoms with Gasteiger partial charge < -0.3 is 15.8 Å². The van der Waals surface area contributed by atoms with Crippen LogP contribution in [0.2, 0.25) is 0 Å². The van der Waals surface area contributed by atoms with Crippen LogP contribution in [0.4, 0.5) is 5.69 Å². The van der Waals surface area contributed by atoms with Gasteiger partial charge in [0.05, 0.1) is 18.3 Å². The van der Waals surface area contributed by atoms with Gasteiger partial charge in [0.25, 0.3) is 0 Å². The van der Waals surface area contributed by atoms with Gasteiger partial charge in [-0.05, 0) is 25.1 Å². The van der Waals surface area contributed by atoms with Gasteiger partial charge in [0, 0.05) is 21.2 Å². The van der Waals surface area contributed by atoms with Crippen molar-refractivity contribution in [3.8, 4) is 0 Å². The molecular formula is C13H23N3O3S. The van der Waals surface area contributed by atoms with Crippen molar-refractivity contribution in [2.45, 2.75) is 17.4 Å². The van der Waals surface area contributed by atoms with Gasteiger partial charge in [0.15, 0.2) is 0 Å². The van der Waals surface area contributed by atoms with Gasteiger partial charge in [-0.15, -0.1) is 0 Å². The molecule has 1 atom stereocenters. The molecule has 1 aromatic rings. The highest BCUT2D eigenvalue weighted by atomic mass is 32.2. The van der Waals surface area contributed by atoms with E-state index in [-0.39, 0.29) is 10.9 Å². The largest absolute Gasteiger partial charge is 0.383 e. The highest BCUT2D eigenvalue weighted by Gasteiger charge is 2.22. The molecule has 3 N–H and O–H groups in total. The summed E-state index contributed by atoms with van der Waals surface area (Å²) in [7, 11) is 1.15. The number of anilines is 1. The third-order valence-corrected chi connectivity index (χ3v) is 4.76. The Morgan fingerprint density at radius 2 is 2.00 bits per heavy atom. The molecule has 7 heteroatoms. The third kappa shape index (κ3) is 4.17. The molecule has 0 heterocycles. The Balaban J connectivity index is 3.07. The SMILES string of the molecule is COCC(CCN)Nc1ccccc1S(=O)(=O)N(C)C. The first kappa shape index (κ1) is 16.9. The number of nitrogens with one attached hydrogen (secondary N) is 1. The van der Waals surface area contributed by atoms with Gasteiger partial charge in [0.1, 0.15) is 4.90 Å². The number of hydrogen-bond donors (Lipinski definition) is 2. The van der Waals surface area contributed by atoms with Gasteiger partial charge in [-0.1, -0.05) is 12.1 Å². The van der Waals surface area contributed by atoms with E-state index in [0.29, 0.717) is 25.3 Å². The molecule has 0 aromatic heterocycles. The summed E-state index contributed by atoms with van der Waals surface area (Å²) in [4.78, 5) is 0.253. The molecule has 0 radical (unpaired) electrons. The van der Waals surface area contributed by atoms with E-state index < -0.39 is 10.0 Å². The Kier molecular flexibility index (Phi) is 6.41. The van der Waals surface area contributed by atoms with E-state index in [1.165, 1.54) is 18.4 Å². The summed E-state index contributed by atoms with van der Waals surface area (Å²) >= 11 is 0. The van der Waals surface area contributed by atoms with E-state index in [0.717, 1.165) is 0 Å². The smallest absolute Gasteiger partial charge is 0.244 e. The Bertz CT molecular complexity index is 511. The third-order valence-electron chi connectivity index (χ3n) is 2.89. The summed E-state index contributed by atoms with van der Waals surface area (Å²) < 4.78 is 30.9. The van der Waals surface area contributed by atoms with Crippen LogP contribution >= 0.6 is 0 Å². The van der Waals surface area contributed by atoms with Gasteiger partial charge in [-0.25, -0.2) is 12.7 Å². The molecular weight excluding hydrogens is 278 g/mol. The predicted molar refractivity (Wildman–Crippen MR) is 80.3 cm³/mol. The van der Waals surface area contributed by atoms with Crippen molar-refractivity contribution in [2.24, 2.45) is 5.73 Å². The lowest BCUT2D eigenvalue weighted by Gasteiger charge is -2.21. The van der Waals surface area contributed by atoms with Crippen LogP contribution < -0.4 is 11.1 Å². The molecule has 0 aliphatic heterocycles. The van der Waals surface area contributed by atoms with Gasteiger partial charge >= 0.3 is 0 Å². The highest BCUT2D eigenvalue weighted by molar-refractivity contribution is 7.89. The number of para-hydroxylation sites is 1. The van der Waals surface area contributed by atoms with E-state index in [2.05, 4.69) is 5.32 Å². The maximum Gasteiger partial charge on any atom is 0.244 e. The van der Waals surface area contributed by atoms with Crippen LogP contribution in [0.25, 0.3) is 0 Å². The lowest BCUT2D eigenvalue weighted by Crippen LogP contribution is -2.30. The molecule has 20 heavy (non-hydrogen) atoms. The fourth-order valence-corrected chi connectivity index (χ4v) is 2.88. The Hall–Kier alpha value is -1.15. The van der Waals surface area contributed by atoms with Crippen LogP contribution in [0.15, 0.2) is 29.2 Å². The van der Waals surface area contributed by atoms with E-state index in [1.807, 2.05) is 0 Å². The minimum absolute atomic E-state index is 0.0245. The lowest BCUT2D eigenvalue weighted by atomic mass is 10.2. The van der Waals surface area contributed by atoms with Crippen molar-refractivity contribution in [2.75, 3.05) is 39.7 Å². The second kappa shape index (κ2) is 7.58. The molecule has 1 rings (SSSR count). The van der Waals surface area contributed by atoms with Crippen LogP contribution in [0.3, 0.4) is 0 Å². The number of rotatable bonds is 8. The van der Waals surface area contributed by atoms with E-state index in [9.17, 15) is 8.42 Å². The lowest BCUT2D eigenvalue weighted by molar-refractivity contribution is 0.183. The fraction of sp³-hybridized carbons (Fsp3) is 0.538. The molecule has 0 fully saturated rings. The number of nitrogens with two attached hydrogens (primary N) is 1. The molecule has 0 aliphatic carbocycles. The van der Waals surface area contributed by atoms with Crippen LogP contribution in [0, 0.1) is 0 Å². The monoisotopic (exact) mass is 301 g/mol. The number of hydrogen-bond acceptors (Lipinski definition) is 5. The minimum Gasteiger partial charge on any atom is -0.383 e. The molecule has 0 spiro atoms. The maximum atomic E-state index is 12.3. The van der Waals surface area contributed by atoms with E-state index >= 15 is 0 Å². The van der Waals surface area contributed by atoms with Crippen molar-refractivity contribution in [3.63, 3.8) is 0 Å². The average molecular weight is 301 g/mol. The van der Waals surface area contributed by atoms with Crippen LogP contribution in [-0.4, -0.2) is 53.1 Å². The Labute approximate surface area is 121 Å². The van der Waals surface area contributed by atoms with E-state index in [4.69, 9.17) is 10.5 Å². The summed E-state index contributed by atoms with van der Waals surface area (Å²) in [6.45, 7) is 0.969. The van der Waals surface area contributed by atoms with Crippen LogP contribution in [0.1, 0.15) is 6.42 Å². The summed E-state index contributed by atoms with van der Waals surface area (Å²) in [6.07, 6.45) is 0.699. The molecule has 0 amide bonds. The molecule has 1 unspecified atom stereocenters. The Morgan fingerprint density at radius 3 is 2.55 bits per heavy atom. The van der Waals surface area contributed by atoms with Crippen LogP contribution in [-0.2, 0) is 14.8 Å². The topological polar surface area (TPSA) is 84.7 Å². The average Bonchev–Trinajstić information content (AvgIpc) is 2.39. The van der Waals surface area contributed by atoms with Crippen molar-refractivity contribution in [1.82, 2.24) is 4.31 Å². The molecule has 0 bridgehead atoms. The quantitative estimate of drug-likeness (QED) is 0.739. The summed E-state index contributed by atoms with van der Waals surface area (Å²) in [5, 5.41) is 3.20. The van der Waals surface area contributed by atoms with Crippen LogP contribution in [0.5, 0.6) is 0 Å². The van der Waals surface area contributed by atoms with Crippen molar-refractivity contribution < 1.29 is 13.2 Å². The first-order chi connectivity index (χ1) is 9.43. The first-order valence-electron chi connectivity index (χ1n) is 6.40. The highest BCUT2D eigenvalue weighted by Crippen LogP contribution is 2.24. The first-order valence-corrected chi connectivity index (χ1v) is 7.84. The summed E-state index contributed by atoms with van der Waals surface area (Å²) in [6, 6.07) is 6.81. The van der Waals surface area contributed by atoms with Crippen molar-refractivity contribution >= 4 is 15.7 Å². The maximum absolute atomic E-state index is 12.3. The summed E-state index contributed by atoms with van der Waals surface area (Å²) in [5.41, 5.74) is 6.13. The fourth-order valence-electron chi connectivity index (χ4n) is 1.83. The zero-order valence-electron chi connectivity index (χ0n) is 12.2. The number of ether oxygens (including phenoxy) is 1. The molecule has 114 valence electrons. The molecule has 0 saturated heterocycles. The normalized spacial score (nSPS) is 13.4. The summed E-state index contributed by atoms with van der Waals surface area (Å²) in [5.74, 6) is 0. The molecule has 0 saturated carbocycles. The minimum atomic E-state index is -3.48. The molecule has 1 aromatic carbocycles. The molecule has 6 nitrogen and oxygen atoms in total. The Morgan fingerprint density at radius 1 is 1.35 bits per heavy atom. The van der Waals surface area contributed by atoms with Crippen molar-refractivity contribution in [3.05, 3.63) is 24.3 Å². The number of methoxy groups -OCH3 is 1. The predicted octanol–water partition coefficient (Wildman–Crippen LogP) is 0.713. The van der Waals surface area contributed by atoms with Gasteiger partial charge in [-0.3, -0.25) is 0 Å².